The Hall–Kier alpha value is -3.40. The number of hydrogen-bond acceptors (Lipinski definition) is 1. The van der Waals surface area contributed by atoms with Crippen LogP contribution >= 0.6 is 0 Å². The molecule has 0 saturated heterocycles. The van der Waals surface area contributed by atoms with Gasteiger partial charge in [0, 0.05) is 11.1 Å². The highest BCUT2D eigenvalue weighted by molar-refractivity contribution is 5.93. The highest BCUT2D eigenvalue weighted by Crippen LogP contribution is 2.25. The zero-order valence-corrected chi connectivity index (χ0v) is 14.1. The summed E-state index contributed by atoms with van der Waals surface area (Å²) in [4.78, 5) is 13.3. The number of rotatable bonds is 1. The molecule has 2 aromatic heterocycles. The second-order valence-corrected chi connectivity index (χ2v) is 6.53. The van der Waals surface area contributed by atoms with Crippen LogP contribution in [-0.2, 0) is 0 Å². The van der Waals surface area contributed by atoms with E-state index in [9.17, 15) is 9.18 Å². The summed E-state index contributed by atoms with van der Waals surface area (Å²) in [6, 6.07) is 22.0. The number of fused-ring (bicyclic) bond motifs is 5. The van der Waals surface area contributed by atoms with Gasteiger partial charge in [-0.1, -0.05) is 29.8 Å². The fraction of sp³-hybridized carbons (Fsp3) is 0.0455. The average Bonchev–Trinajstić information content (AvgIpc) is 3.02. The molecular formula is C22H15FN2O. The molecule has 4 heteroatoms. The van der Waals surface area contributed by atoms with E-state index in [4.69, 9.17) is 0 Å². The van der Waals surface area contributed by atoms with Crippen molar-refractivity contribution in [3.8, 4) is 5.69 Å². The molecule has 126 valence electrons. The molecule has 3 nitrogen and oxygen atoms in total. The number of para-hydroxylation sites is 2. The van der Waals surface area contributed by atoms with E-state index >= 15 is 0 Å². The van der Waals surface area contributed by atoms with E-state index in [1.165, 1.54) is 12.1 Å². The van der Waals surface area contributed by atoms with Gasteiger partial charge < -0.3 is 4.40 Å². The zero-order valence-electron chi connectivity index (χ0n) is 14.1. The van der Waals surface area contributed by atoms with Gasteiger partial charge in [-0.15, -0.1) is 0 Å². The van der Waals surface area contributed by atoms with Crippen molar-refractivity contribution in [2.24, 2.45) is 0 Å². The van der Waals surface area contributed by atoms with E-state index in [1.54, 1.807) is 16.7 Å². The predicted molar refractivity (Wildman–Crippen MR) is 103 cm³/mol. The van der Waals surface area contributed by atoms with Crippen LogP contribution in [0, 0.1) is 12.7 Å². The Bertz CT molecular complexity index is 1360. The number of nitrogens with zero attached hydrogens (tertiary/aromatic N) is 2. The van der Waals surface area contributed by atoms with E-state index < -0.39 is 0 Å². The molecule has 26 heavy (non-hydrogen) atoms. The van der Waals surface area contributed by atoms with Gasteiger partial charge in [0.15, 0.2) is 0 Å². The summed E-state index contributed by atoms with van der Waals surface area (Å²) in [5, 5.41) is 0.717. The van der Waals surface area contributed by atoms with Crippen LogP contribution < -0.4 is 5.56 Å². The van der Waals surface area contributed by atoms with Crippen molar-refractivity contribution in [1.29, 1.82) is 0 Å². The minimum atomic E-state index is -0.309. The fourth-order valence-electron chi connectivity index (χ4n) is 3.62. The molecule has 0 N–H and O–H groups in total. The average molecular weight is 342 g/mol. The lowest BCUT2D eigenvalue weighted by atomic mass is 10.2. The number of hydrogen-bond donors (Lipinski definition) is 0. The first kappa shape index (κ1) is 14.9. The van der Waals surface area contributed by atoms with Crippen LogP contribution in [-0.4, -0.2) is 8.97 Å². The Kier molecular flexibility index (Phi) is 3.04. The van der Waals surface area contributed by atoms with E-state index in [0.29, 0.717) is 10.9 Å². The SMILES string of the molecule is Cc1ccc(-n2c(=O)c3cc4cc(F)ccc4n3c3ccccc32)cc1. The molecule has 0 amide bonds. The Balaban J connectivity index is 2.03. The third-order valence-corrected chi connectivity index (χ3v) is 4.84. The monoisotopic (exact) mass is 342 g/mol. The van der Waals surface area contributed by atoms with Gasteiger partial charge in [0.05, 0.1) is 16.6 Å². The first-order valence-electron chi connectivity index (χ1n) is 8.45. The normalized spacial score (nSPS) is 11.6. The van der Waals surface area contributed by atoms with Crippen LogP contribution in [0.4, 0.5) is 4.39 Å². The van der Waals surface area contributed by atoms with Crippen molar-refractivity contribution in [2.75, 3.05) is 0 Å². The summed E-state index contributed by atoms with van der Waals surface area (Å²) in [5.74, 6) is -0.309. The maximum absolute atomic E-state index is 13.7. The van der Waals surface area contributed by atoms with E-state index in [0.717, 1.165) is 27.8 Å². The van der Waals surface area contributed by atoms with Gasteiger partial charge in [0.1, 0.15) is 11.3 Å². The van der Waals surface area contributed by atoms with E-state index in [2.05, 4.69) is 0 Å². The van der Waals surface area contributed by atoms with Crippen LogP contribution in [0.25, 0.3) is 33.1 Å². The molecule has 0 radical (unpaired) electrons. The second-order valence-electron chi connectivity index (χ2n) is 6.53. The third-order valence-electron chi connectivity index (χ3n) is 4.84. The van der Waals surface area contributed by atoms with Crippen molar-refractivity contribution in [2.45, 2.75) is 6.92 Å². The van der Waals surface area contributed by atoms with Crippen LogP contribution in [0.15, 0.2) is 77.6 Å². The molecule has 0 fully saturated rings. The molecule has 0 unspecified atom stereocenters. The fourth-order valence-corrected chi connectivity index (χ4v) is 3.62. The molecule has 0 atom stereocenters. The van der Waals surface area contributed by atoms with Gasteiger partial charge in [0.2, 0.25) is 0 Å². The molecule has 3 aromatic carbocycles. The van der Waals surface area contributed by atoms with Crippen LogP contribution in [0.2, 0.25) is 0 Å². The Labute approximate surface area is 148 Å². The van der Waals surface area contributed by atoms with E-state index in [-0.39, 0.29) is 11.4 Å². The summed E-state index contributed by atoms with van der Waals surface area (Å²) < 4.78 is 17.3. The number of aromatic nitrogens is 2. The highest BCUT2D eigenvalue weighted by Gasteiger charge is 2.15. The van der Waals surface area contributed by atoms with E-state index in [1.807, 2.05) is 59.9 Å². The topological polar surface area (TPSA) is 26.4 Å². The number of aryl methyl sites for hydroxylation is 1. The summed E-state index contributed by atoms with van der Waals surface area (Å²) >= 11 is 0. The van der Waals surface area contributed by atoms with Gasteiger partial charge >= 0.3 is 0 Å². The maximum atomic E-state index is 13.7. The lowest BCUT2D eigenvalue weighted by Gasteiger charge is -2.13. The standard InChI is InChI=1S/C22H15FN2O/c1-14-6-9-17(10-7-14)24-19-4-2-3-5-20(19)25-18-11-8-16(23)12-15(18)13-21(25)22(24)26/h2-13H,1H3. The van der Waals surface area contributed by atoms with Crippen molar-refractivity contribution in [3.05, 3.63) is 94.5 Å². The molecule has 0 aliphatic rings. The van der Waals surface area contributed by atoms with Crippen molar-refractivity contribution < 1.29 is 4.39 Å². The quantitative estimate of drug-likeness (QED) is 0.428. The lowest BCUT2D eigenvalue weighted by molar-refractivity contribution is 0.629. The molecule has 0 spiro atoms. The third kappa shape index (κ3) is 2.02. The lowest BCUT2D eigenvalue weighted by Crippen LogP contribution is -2.21. The number of halogens is 1. The van der Waals surface area contributed by atoms with Gasteiger partial charge in [-0.05, 0) is 55.5 Å². The van der Waals surface area contributed by atoms with Gasteiger partial charge in [0.25, 0.3) is 5.56 Å². The Morgan fingerprint density at radius 2 is 1.50 bits per heavy atom. The van der Waals surface area contributed by atoms with Crippen LogP contribution in [0.3, 0.4) is 0 Å². The van der Waals surface area contributed by atoms with Crippen molar-refractivity contribution >= 4 is 27.5 Å². The number of benzene rings is 3. The maximum Gasteiger partial charge on any atom is 0.279 e. The summed E-state index contributed by atoms with van der Waals surface area (Å²) in [5.41, 5.74) is 4.91. The smallest absolute Gasteiger partial charge is 0.279 e. The van der Waals surface area contributed by atoms with Gasteiger partial charge in [-0.2, -0.15) is 0 Å². The molecule has 0 aliphatic heterocycles. The summed E-state index contributed by atoms with van der Waals surface area (Å²) in [6.07, 6.45) is 0. The van der Waals surface area contributed by atoms with Crippen LogP contribution in [0.5, 0.6) is 0 Å². The minimum Gasteiger partial charge on any atom is -0.303 e. The second kappa shape index (κ2) is 5.30. The molecule has 5 rings (SSSR count). The summed E-state index contributed by atoms with van der Waals surface area (Å²) in [7, 11) is 0. The molecule has 0 bridgehead atoms. The molecular weight excluding hydrogens is 327 g/mol. The van der Waals surface area contributed by atoms with Crippen LogP contribution in [0.1, 0.15) is 5.56 Å². The predicted octanol–water partition coefficient (Wildman–Crippen LogP) is 4.84. The first-order valence-corrected chi connectivity index (χ1v) is 8.45. The van der Waals surface area contributed by atoms with Gasteiger partial charge in [-0.3, -0.25) is 9.36 Å². The Morgan fingerprint density at radius 1 is 0.769 bits per heavy atom. The first-order chi connectivity index (χ1) is 12.6. The molecule has 2 heterocycles. The highest BCUT2D eigenvalue weighted by atomic mass is 19.1. The van der Waals surface area contributed by atoms with Gasteiger partial charge in [-0.25, -0.2) is 4.39 Å². The zero-order chi connectivity index (χ0) is 17.8. The van der Waals surface area contributed by atoms with Crippen molar-refractivity contribution in [3.63, 3.8) is 0 Å². The largest absolute Gasteiger partial charge is 0.303 e. The summed E-state index contributed by atoms with van der Waals surface area (Å²) in [6.45, 7) is 2.02. The van der Waals surface area contributed by atoms with Crippen molar-refractivity contribution in [1.82, 2.24) is 8.97 Å². The minimum absolute atomic E-state index is 0.121. The Morgan fingerprint density at radius 3 is 2.27 bits per heavy atom. The molecule has 5 aromatic rings. The molecule has 0 aliphatic carbocycles. The molecule has 0 saturated carbocycles.